The normalized spacial score (nSPS) is 24.0. The van der Waals surface area contributed by atoms with E-state index < -0.39 is 0 Å². The zero-order valence-corrected chi connectivity index (χ0v) is 14.7. The van der Waals surface area contributed by atoms with Crippen molar-refractivity contribution in [2.75, 3.05) is 38.2 Å². The second-order valence-corrected chi connectivity index (χ2v) is 6.81. The van der Waals surface area contributed by atoms with E-state index in [9.17, 15) is 4.79 Å². The molecule has 134 valence electrons. The second-order valence-electron chi connectivity index (χ2n) is 6.81. The number of ether oxygens (including phenoxy) is 2. The predicted octanol–water partition coefficient (Wildman–Crippen LogP) is 1.33. The van der Waals surface area contributed by atoms with E-state index in [1.165, 1.54) is 0 Å². The average molecular weight is 336 g/mol. The van der Waals surface area contributed by atoms with Crippen LogP contribution in [-0.2, 0) is 21.3 Å². The lowest BCUT2D eigenvalue weighted by Crippen LogP contribution is -2.42. The molecular weight excluding hydrogens is 308 g/mol. The van der Waals surface area contributed by atoms with Crippen LogP contribution < -0.4 is 5.32 Å². The molecule has 0 aliphatic carbocycles. The van der Waals surface area contributed by atoms with Crippen molar-refractivity contribution in [3.8, 4) is 0 Å². The van der Waals surface area contributed by atoms with Crippen LogP contribution in [0.1, 0.15) is 31.4 Å². The lowest BCUT2D eigenvalue weighted by molar-refractivity contribution is -0.118. The quantitative estimate of drug-likeness (QED) is 0.813. The van der Waals surface area contributed by atoms with Gasteiger partial charge in [-0.3, -0.25) is 14.4 Å². The molecule has 1 aromatic heterocycles. The Hall–Kier alpha value is -1.44. The van der Waals surface area contributed by atoms with E-state index in [0.717, 1.165) is 63.5 Å². The van der Waals surface area contributed by atoms with Gasteiger partial charge >= 0.3 is 0 Å². The maximum absolute atomic E-state index is 12.5. The molecular formula is C17H28N4O3. The van der Waals surface area contributed by atoms with E-state index in [1.807, 2.05) is 20.0 Å². The highest BCUT2D eigenvalue weighted by molar-refractivity contribution is 5.91. The molecule has 0 bridgehead atoms. The molecule has 1 aromatic rings. The molecule has 2 aliphatic rings. The van der Waals surface area contributed by atoms with Gasteiger partial charge in [-0.1, -0.05) is 0 Å². The molecule has 0 unspecified atom stereocenters. The molecule has 7 nitrogen and oxygen atoms in total. The maximum Gasteiger partial charge on any atom is 0.239 e. The summed E-state index contributed by atoms with van der Waals surface area (Å²) >= 11 is 0. The first kappa shape index (κ1) is 17.4. The summed E-state index contributed by atoms with van der Waals surface area (Å²) < 4.78 is 13.2. The predicted molar refractivity (Wildman–Crippen MR) is 91.0 cm³/mol. The van der Waals surface area contributed by atoms with Crippen LogP contribution in [0.3, 0.4) is 0 Å². The van der Waals surface area contributed by atoms with E-state index in [1.54, 1.807) is 4.68 Å². The molecule has 3 heterocycles. The highest BCUT2D eigenvalue weighted by atomic mass is 16.5. The zero-order valence-electron chi connectivity index (χ0n) is 14.7. The van der Waals surface area contributed by atoms with Crippen molar-refractivity contribution in [3.63, 3.8) is 0 Å². The number of nitrogens with one attached hydrogen (secondary N) is 1. The minimum absolute atomic E-state index is 0.0195. The molecule has 2 fully saturated rings. The van der Waals surface area contributed by atoms with Gasteiger partial charge in [-0.2, -0.15) is 5.10 Å². The van der Waals surface area contributed by atoms with Gasteiger partial charge in [-0.25, -0.2) is 0 Å². The summed E-state index contributed by atoms with van der Waals surface area (Å²) in [7, 11) is 1.83. The van der Waals surface area contributed by atoms with Crippen molar-refractivity contribution in [3.05, 3.63) is 11.8 Å². The van der Waals surface area contributed by atoms with Gasteiger partial charge < -0.3 is 14.8 Å². The first-order valence-electron chi connectivity index (χ1n) is 8.86. The lowest BCUT2D eigenvalue weighted by Gasteiger charge is -2.27. The lowest BCUT2D eigenvalue weighted by atomic mass is 10.2. The van der Waals surface area contributed by atoms with Gasteiger partial charge in [-0.15, -0.1) is 0 Å². The molecule has 0 aromatic carbocycles. The number of aryl methyl sites for hydroxylation is 2. The fourth-order valence-corrected chi connectivity index (χ4v) is 3.47. The third kappa shape index (κ3) is 4.78. The number of hydrogen-bond donors (Lipinski definition) is 1. The second kappa shape index (κ2) is 8.09. The largest absolute Gasteiger partial charge is 0.377 e. The molecule has 2 saturated heterocycles. The fraction of sp³-hybridized carbons (Fsp3) is 0.765. The van der Waals surface area contributed by atoms with Gasteiger partial charge in [0, 0.05) is 39.4 Å². The number of hydrogen-bond acceptors (Lipinski definition) is 5. The fourth-order valence-electron chi connectivity index (χ4n) is 3.47. The van der Waals surface area contributed by atoms with Crippen molar-refractivity contribution in [1.82, 2.24) is 14.7 Å². The summed E-state index contributed by atoms with van der Waals surface area (Å²) in [5, 5.41) is 7.21. The molecule has 24 heavy (non-hydrogen) atoms. The Bertz CT molecular complexity index is 530. The third-order valence-electron chi connectivity index (χ3n) is 4.61. The standard InChI is InChI=1S/C17H28N4O3/c1-13-9-16(20(2)19-13)18-17(22)12-21(10-14-5-3-7-23-14)11-15-6-4-8-24-15/h9,14-15H,3-8,10-12H2,1-2H3,(H,18,22)/t14-,15-/m1/s1. The number of amides is 1. The summed E-state index contributed by atoms with van der Waals surface area (Å²) in [6.45, 7) is 5.51. The van der Waals surface area contributed by atoms with Gasteiger partial charge in [-0.05, 0) is 32.6 Å². The van der Waals surface area contributed by atoms with Crippen molar-refractivity contribution < 1.29 is 14.3 Å². The summed E-state index contributed by atoms with van der Waals surface area (Å²) in [4.78, 5) is 14.6. The average Bonchev–Trinajstić information content (AvgIpc) is 3.24. The van der Waals surface area contributed by atoms with Crippen LogP contribution >= 0.6 is 0 Å². The van der Waals surface area contributed by atoms with Crippen LogP contribution in [0, 0.1) is 6.92 Å². The van der Waals surface area contributed by atoms with E-state index in [2.05, 4.69) is 15.3 Å². The van der Waals surface area contributed by atoms with Gasteiger partial charge in [0.1, 0.15) is 5.82 Å². The third-order valence-corrected chi connectivity index (χ3v) is 4.61. The Morgan fingerprint density at radius 3 is 2.38 bits per heavy atom. The topological polar surface area (TPSA) is 68.6 Å². The maximum atomic E-state index is 12.5. The number of anilines is 1. The van der Waals surface area contributed by atoms with Crippen LogP contribution in [0.2, 0.25) is 0 Å². The van der Waals surface area contributed by atoms with Crippen molar-refractivity contribution in [1.29, 1.82) is 0 Å². The van der Waals surface area contributed by atoms with E-state index in [0.29, 0.717) is 6.54 Å². The number of carbonyl (C=O) groups excluding carboxylic acids is 1. The highest BCUT2D eigenvalue weighted by Gasteiger charge is 2.25. The summed E-state index contributed by atoms with van der Waals surface area (Å²) in [6, 6.07) is 1.88. The van der Waals surface area contributed by atoms with Gasteiger partial charge in [0.15, 0.2) is 0 Å². The molecule has 1 amide bonds. The Labute approximate surface area is 143 Å². The molecule has 2 atom stereocenters. The Morgan fingerprint density at radius 1 is 1.29 bits per heavy atom. The van der Waals surface area contributed by atoms with Gasteiger partial charge in [0.05, 0.1) is 24.4 Å². The van der Waals surface area contributed by atoms with Gasteiger partial charge in [0.2, 0.25) is 5.91 Å². The van der Waals surface area contributed by atoms with Crippen molar-refractivity contribution >= 4 is 11.7 Å². The van der Waals surface area contributed by atoms with Crippen LogP contribution in [-0.4, -0.2) is 65.6 Å². The Balaban J connectivity index is 1.56. The Morgan fingerprint density at radius 2 is 1.92 bits per heavy atom. The van der Waals surface area contributed by atoms with Crippen LogP contribution in [0.25, 0.3) is 0 Å². The smallest absolute Gasteiger partial charge is 0.239 e. The minimum Gasteiger partial charge on any atom is -0.377 e. The van der Waals surface area contributed by atoms with Crippen molar-refractivity contribution in [2.45, 2.75) is 44.8 Å². The summed E-state index contributed by atoms with van der Waals surface area (Å²) in [6.07, 6.45) is 4.84. The molecule has 7 heteroatoms. The summed E-state index contributed by atoms with van der Waals surface area (Å²) in [5.74, 6) is 0.709. The monoisotopic (exact) mass is 336 g/mol. The molecule has 0 radical (unpaired) electrons. The van der Waals surface area contributed by atoms with E-state index in [4.69, 9.17) is 9.47 Å². The van der Waals surface area contributed by atoms with Crippen LogP contribution in [0.5, 0.6) is 0 Å². The molecule has 1 N–H and O–H groups in total. The number of aromatic nitrogens is 2. The number of carbonyl (C=O) groups is 1. The molecule has 0 spiro atoms. The van der Waals surface area contributed by atoms with Crippen LogP contribution in [0.15, 0.2) is 6.07 Å². The minimum atomic E-state index is -0.0195. The Kier molecular flexibility index (Phi) is 5.86. The van der Waals surface area contributed by atoms with Gasteiger partial charge in [0.25, 0.3) is 0 Å². The van der Waals surface area contributed by atoms with Crippen LogP contribution in [0.4, 0.5) is 5.82 Å². The number of nitrogens with zero attached hydrogens (tertiary/aromatic N) is 3. The van der Waals surface area contributed by atoms with Crippen molar-refractivity contribution in [2.24, 2.45) is 7.05 Å². The highest BCUT2D eigenvalue weighted by Crippen LogP contribution is 2.17. The summed E-state index contributed by atoms with van der Waals surface area (Å²) in [5.41, 5.74) is 0.892. The number of rotatable bonds is 7. The van der Waals surface area contributed by atoms with E-state index >= 15 is 0 Å². The SMILES string of the molecule is Cc1cc(NC(=O)CN(C[C@H]2CCCO2)C[C@H]2CCCO2)n(C)n1. The van der Waals surface area contributed by atoms with E-state index in [-0.39, 0.29) is 18.1 Å². The first-order valence-corrected chi connectivity index (χ1v) is 8.86. The molecule has 0 saturated carbocycles. The molecule has 2 aliphatic heterocycles. The first-order chi connectivity index (χ1) is 11.6. The zero-order chi connectivity index (χ0) is 16.9. The molecule has 3 rings (SSSR count).